The summed E-state index contributed by atoms with van der Waals surface area (Å²) in [5, 5.41) is 3.14. The van der Waals surface area contributed by atoms with Gasteiger partial charge in [0.1, 0.15) is 0 Å². The predicted octanol–water partition coefficient (Wildman–Crippen LogP) is 2.58. The third kappa shape index (κ3) is 3.43. The van der Waals surface area contributed by atoms with Crippen LogP contribution in [0.3, 0.4) is 0 Å². The molecule has 2 fully saturated rings. The predicted molar refractivity (Wildman–Crippen MR) is 92.2 cm³/mol. The summed E-state index contributed by atoms with van der Waals surface area (Å²) in [5.74, 6) is 0.821. The number of rotatable bonds is 5. The van der Waals surface area contributed by atoms with Crippen molar-refractivity contribution in [3.8, 4) is 0 Å². The lowest BCUT2D eigenvalue weighted by Gasteiger charge is -2.35. The molecule has 2 saturated heterocycles. The number of aromatic nitrogens is 3. The number of anilines is 1. The van der Waals surface area contributed by atoms with Crippen LogP contribution in [0.5, 0.6) is 0 Å². The second-order valence-corrected chi connectivity index (χ2v) is 7.41. The molecule has 3 atom stereocenters. The fraction of sp³-hybridized carbons (Fsp3) is 0.588. The van der Waals surface area contributed by atoms with E-state index in [2.05, 4.69) is 25.2 Å². The average Bonchev–Trinajstić information content (AvgIpc) is 3.21. The van der Waals surface area contributed by atoms with E-state index in [1.165, 1.54) is 0 Å². The maximum absolute atomic E-state index is 6.27. The molecule has 2 aliphatic heterocycles. The topological polar surface area (TPSA) is 60.4 Å². The van der Waals surface area contributed by atoms with Crippen LogP contribution in [0, 0.1) is 6.92 Å². The zero-order valence-corrected chi connectivity index (χ0v) is 14.6. The fourth-order valence-corrected chi connectivity index (χ4v) is 4.17. The van der Waals surface area contributed by atoms with Crippen LogP contribution in [0.25, 0.3) is 0 Å². The molecular weight excluding hydrogens is 324 g/mol. The van der Waals surface area contributed by atoms with Crippen molar-refractivity contribution < 1.29 is 9.47 Å². The standard InChI is InChI=1S/C17H22N4O2S/c1-12-20-13(11-24-12)9-22-10-14-3-4-15-16(23-14)5-8-21(15)17-18-6-2-7-19-17/h2,6-7,11,14-16H,3-5,8-10H2,1H3/t14-,15-,16-/m0/s1. The number of hydrogen-bond donors (Lipinski definition) is 0. The summed E-state index contributed by atoms with van der Waals surface area (Å²) < 4.78 is 12.1. The lowest BCUT2D eigenvalue weighted by molar-refractivity contribution is -0.0891. The van der Waals surface area contributed by atoms with E-state index in [-0.39, 0.29) is 12.2 Å². The monoisotopic (exact) mass is 346 g/mol. The zero-order chi connectivity index (χ0) is 16.4. The molecule has 0 bridgehead atoms. The van der Waals surface area contributed by atoms with E-state index in [9.17, 15) is 0 Å². The van der Waals surface area contributed by atoms with Gasteiger partial charge in [0.25, 0.3) is 0 Å². The summed E-state index contributed by atoms with van der Waals surface area (Å²) in [4.78, 5) is 15.5. The Bertz CT molecular complexity index is 666. The zero-order valence-electron chi connectivity index (χ0n) is 13.8. The highest BCUT2D eigenvalue weighted by molar-refractivity contribution is 7.09. The summed E-state index contributed by atoms with van der Waals surface area (Å²) in [6.45, 7) is 4.19. The van der Waals surface area contributed by atoms with Gasteiger partial charge in [-0.3, -0.25) is 0 Å². The van der Waals surface area contributed by atoms with Crippen LogP contribution < -0.4 is 4.90 Å². The first kappa shape index (κ1) is 15.9. The minimum atomic E-state index is 0.183. The molecule has 24 heavy (non-hydrogen) atoms. The molecule has 0 radical (unpaired) electrons. The molecule has 0 amide bonds. The molecule has 128 valence electrons. The summed E-state index contributed by atoms with van der Waals surface area (Å²) in [7, 11) is 0. The van der Waals surface area contributed by atoms with Gasteiger partial charge < -0.3 is 14.4 Å². The fourth-order valence-electron chi connectivity index (χ4n) is 3.58. The first-order chi connectivity index (χ1) is 11.8. The van der Waals surface area contributed by atoms with Gasteiger partial charge in [0, 0.05) is 24.3 Å². The van der Waals surface area contributed by atoms with Crippen LogP contribution in [0.1, 0.15) is 30.0 Å². The molecule has 2 aromatic rings. The Morgan fingerprint density at radius 1 is 1.29 bits per heavy atom. The van der Waals surface area contributed by atoms with Gasteiger partial charge in [-0.1, -0.05) is 0 Å². The van der Waals surface area contributed by atoms with Crippen LogP contribution in [0.15, 0.2) is 23.8 Å². The Kier molecular flexibility index (Phi) is 4.73. The van der Waals surface area contributed by atoms with Crippen LogP contribution in [0.4, 0.5) is 5.95 Å². The minimum Gasteiger partial charge on any atom is -0.372 e. The number of ether oxygens (including phenoxy) is 2. The number of nitrogens with zero attached hydrogens (tertiary/aromatic N) is 4. The number of fused-ring (bicyclic) bond motifs is 1. The lowest BCUT2D eigenvalue weighted by atomic mass is 9.99. The Balaban J connectivity index is 1.28. The maximum atomic E-state index is 6.27. The Morgan fingerprint density at radius 2 is 2.17 bits per heavy atom. The van der Waals surface area contributed by atoms with Crippen molar-refractivity contribution in [2.24, 2.45) is 0 Å². The molecule has 2 aromatic heterocycles. The Morgan fingerprint density at radius 3 is 2.96 bits per heavy atom. The highest BCUT2D eigenvalue weighted by Crippen LogP contribution is 2.33. The number of hydrogen-bond acceptors (Lipinski definition) is 7. The minimum absolute atomic E-state index is 0.183. The van der Waals surface area contributed by atoms with E-state index in [1.54, 1.807) is 23.7 Å². The first-order valence-electron chi connectivity index (χ1n) is 8.47. The quantitative estimate of drug-likeness (QED) is 0.829. The van der Waals surface area contributed by atoms with E-state index in [1.807, 2.05) is 13.0 Å². The second-order valence-electron chi connectivity index (χ2n) is 6.35. The van der Waals surface area contributed by atoms with Crippen molar-refractivity contribution in [3.63, 3.8) is 0 Å². The first-order valence-corrected chi connectivity index (χ1v) is 9.35. The summed E-state index contributed by atoms with van der Waals surface area (Å²) >= 11 is 1.66. The van der Waals surface area contributed by atoms with Gasteiger partial charge in [0.2, 0.25) is 5.95 Å². The van der Waals surface area contributed by atoms with E-state index >= 15 is 0 Å². The van der Waals surface area contributed by atoms with Crippen LogP contribution in [0.2, 0.25) is 0 Å². The van der Waals surface area contributed by atoms with Crippen molar-refractivity contribution >= 4 is 17.3 Å². The molecule has 0 unspecified atom stereocenters. The molecule has 4 rings (SSSR count). The summed E-state index contributed by atoms with van der Waals surface area (Å²) in [6.07, 6.45) is 7.20. The van der Waals surface area contributed by atoms with Crippen LogP contribution in [-0.2, 0) is 16.1 Å². The molecular formula is C17H22N4O2S. The Labute approximate surface area is 145 Å². The molecule has 7 heteroatoms. The van der Waals surface area contributed by atoms with E-state index < -0.39 is 0 Å². The average molecular weight is 346 g/mol. The van der Waals surface area contributed by atoms with Gasteiger partial charge in [0.15, 0.2) is 0 Å². The van der Waals surface area contributed by atoms with Gasteiger partial charge in [0.05, 0.1) is 42.2 Å². The van der Waals surface area contributed by atoms with Gasteiger partial charge in [-0.2, -0.15) is 0 Å². The van der Waals surface area contributed by atoms with Crippen molar-refractivity contribution in [2.75, 3.05) is 18.1 Å². The van der Waals surface area contributed by atoms with Crippen molar-refractivity contribution in [1.82, 2.24) is 15.0 Å². The van der Waals surface area contributed by atoms with Gasteiger partial charge in [-0.25, -0.2) is 15.0 Å². The molecule has 2 aliphatic rings. The van der Waals surface area contributed by atoms with E-state index in [4.69, 9.17) is 9.47 Å². The lowest BCUT2D eigenvalue weighted by Crippen LogP contribution is -2.44. The Hall–Kier alpha value is -1.57. The van der Waals surface area contributed by atoms with E-state index in [0.717, 1.165) is 42.5 Å². The largest absolute Gasteiger partial charge is 0.372 e. The normalized spacial score (nSPS) is 26.5. The number of thiazole rings is 1. The molecule has 0 aliphatic carbocycles. The maximum Gasteiger partial charge on any atom is 0.225 e. The van der Waals surface area contributed by atoms with Crippen molar-refractivity contribution in [2.45, 2.75) is 51.0 Å². The van der Waals surface area contributed by atoms with Crippen molar-refractivity contribution in [3.05, 3.63) is 34.5 Å². The molecule has 6 nitrogen and oxygen atoms in total. The van der Waals surface area contributed by atoms with Crippen molar-refractivity contribution in [1.29, 1.82) is 0 Å². The SMILES string of the molecule is Cc1nc(COC[C@@H]2CC[C@H]3[C@H](CCN3c3ncccn3)O2)cs1. The van der Waals surface area contributed by atoms with Crippen LogP contribution >= 0.6 is 11.3 Å². The van der Waals surface area contributed by atoms with Gasteiger partial charge in [-0.05, 0) is 32.3 Å². The van der Waals surface area contributed by atoms with E-state index in [0.29, 0.717) is 19.3 Å². The number of aryl methyl sites for hydroxylation is 1. The summed E-state index contributed by atoms with van der Waals surface area (Å²) in [6, 6.07) is 2.25. The second kappa shape index (κ2) is 7.13. The molecule has 0 aromatic carbocycles. The highest BCUT2D eigenvalue weighted by atomic mass is 32.1. The third-order valence-corrected chi connectivity index (χ3v) is 5.49. The molecule has 4 heterocycles. The van der Waals surface area contributed by atoms with Crippen LogP contribution in [-0.4, -0.2) is 46.4 Å². The molecule has 0 N–H and O–H groups in total. The third-order valence-electron chi connectivity index (χ3n) is 4.66. The van der Waals surface area contributed by atoms with Gasteiger partial charge >= 0.3 is 0 Å². The molecule has 0 spiro atoms. The smallest absolute Gasteiger partial charge is 0.225 e. The molecule has 0 saturated carbocycles. The summed E-state index contributed by atoms with van der Waals surface area (Å²) in [5.41, 5.74) is 1.01. The highest BCUT2D eigenvalue weighted by Gasteiger charge is 2.40. The van der Waals surface area contributed by atoms with Gasteiger partial charge in [-0.15, -0.1) is 11.3 Å².